The van der Waals surface area contributed by atoms with Gasteiger partial charge in [0.05, 0.1) is 6.04 Å². The number of carbonyl (C=O) groups excluding carboxylic acids is 2. The summed E-state index contributed by atoms with van der Waals surface area (Å²) in [6.07, 6.45) is 0.711. The van der Waals surface area contributed by atoms with Crippen molar-refractivity contribution in [2.45, 2.75) is 53.1 Å². The predicted molar refractivity (Wildman–Crippen MR) is 114 cm³/mol. The molecule has 0 fully saturated rings. The van der Waals surface area contributed by atoms with E-state index < -0.39 is 0 Å². The third kappa shape index (κ3) is 3.68. The number of amides is 2. The van der Waals surface area contributed by atoms with Gasteiger partial charge in [0.1, 0.15) is 0 Å². The van der Waals surface area contributed by atoms with Crippen LogP contribution in [0.25, 0.3) is 0 Å². The van der Waals surface area contributed by atoms with Crippen LogP contribution >= 0.6 is 0 Å². The van der Waals surface area contributed by atoms with Gasteiger partial charge in [-0.1, -0.05) is 64.1 Å². The van der Waals surface area contributed by atoms with E-state index in [0.29, 0.717) is 6.42 Å². The topological polar surface area (TPSA) is 40.6 Å². The third-order valence-electron chi connectivity index (χ3n) is 5.37. The molecule has 1 aliphatic rings. The molecule has 0 unspecified atom stereocenters. The Morgan fingerprint density at radius 2 is 1.54 bits per heavy atom. The maximum absolute atomic E-state index is 13.2. The van der Waals surface area contributed by atoms with Crippen molar-refractivity contribution >= 4 is 23.2 Å². The van der Waals surface area contributed by atoms with Crippen LogP contribution in [0.4, 0.5) is 11.4 Å². The second kappa shape index (κ2) is 8.17. The van der Waals surface area contributed by atoms with Crippen molar-refractivity contribution in [1.29, 1.82) is 0 Å². The highest BCUT2D eigenvalue weighted by Gasteiger charge is 2.39. The Hall–Kier alpha value is -2.62. The molecule has 2 amide bonds. The van der Waals surface area contributed by atoms with Gasteiger partial charge in [0.15, 0.2) is 0 Å². The van der Waals surface area contributed by atoms with Gasteiger partial charge >= 0.3 is 0 Å². The van der Waals surface area contributed by atoms with Crippen LogP contribution in [0, 0.1) is 11.8 Å². The van der Waals surface area contributed by atoms with Gasteiger partial charge in [-0.05, 0) is 37.1 Å². The van der Waals surface area contributed by atoms with Crippen molar-refractivity contribution in [2.75, 3.05) is 9.80 Å². The van der Waals surface area contributed by atoms with Crippen molar-refractivity contribution in [3.05, 3.63) is 60.2 Å². The van der Waals surface area contributed by atoms with Gasteiger partial charge in [-0.15, -0.1) is 0 Å². The molecule has 28 heavy (non-hydrogen) atoms. The average Bonchev–Trinajstić information content (AvgIpc) is 2.68. The Morgan fingerprint density at radius 3 is 2.14 bits per heavy atom. The minimum atomic E-state index is -0.113. The van der Waals surface area contributed by atoms with Crippen molar-refractivity contribution < 1.29 is 9.59 Å². The van der Waals surface area contributed by atoms with E-state index in [0.717, 1.165) is 16.9 Å². The van der Waals surface area contributed by atoms with Gasteiger partial charge in [-0.2, -0.15) is 0 Å². The molecular weight excluding hydrogens is 348 g/mol. The lowest BCUT2D eigenvalue weighted by molar-refractivity contribution is -0.122. The van der Waals surface area contributed by atoms with Crippen molar-refractivity contribution in [2.24, 2.45) is 11.8 Å². The summed E-state index contributed by atoms with van der Waals surface area (Å²) in [5.74, 6) is 0.0364. The van der Waals surface area contributed by atoms with E-state index in [2.05, 4.69) is 13.0 Å². The highest BCUT2D eigenvalue weighted by atomic mass is 16.2. The number of anilines is 2. The van der Waals surface area contributed by atoms with Crippen LogP contribution in [-0.2, 0) is 9.59 Å². The van der Waals surface area contributed by atoms with Gasteiger partial charge in [0.2, 0.25) is 11.8 Å². The van der Waals surface area contributed by atoms with Crippen LogP contribution < -0.4 is 9.80 Å². The summed E-state index contributed by atoms with van der Waals surface area (Å²) in [5, 5.41) is 0. The molecule has 3 rings (SSSR count). The van der Waals surface area contributed by atoms with E-state index in [1.807, 2.05) is 86.0 Å². The largest absolute Gasteiger partial charge is 0.309 e. The van der Waals surface area contributed by atoms with Crippen LogP contribution in [0.1, 0.15) is 52.6 Å². The molecule has 0 N–H and O–H groups in total. The number of carbonyl (C=O) groups is 2. The first-order valence-electron chi connectivity index (χ1n) is 10.1. The molecular formula is C24H30N2O2. The average molecular weight is 379 g/mol. The van der Waals surface area contributed by atoms with Crippen LogP contribution in [0.3, 0.4) is 0 Å². The van der Waals surface area contributed by atoms with E-state index >= 15 is 0 Å². The van der Waals surface area contributed by atoms with Crippen molar-refractivity contribution in [3.8, 4) is 0 Å². The normalized spacial score (nSPS) is 18.9. The van der Waals surface area contributed by atoms with E-state index in [1.54, 1.807) is 0 Å². The molecule has 148 valence electrons. The molecule has 4 nitrogen and oxygen atoms in total. The maximum atomic E-state index is 13.2. The number of benzene rings is 2. The SMILES string of the molecule is CC(C)C(=O)N1c2ccccc2[C@@H](N(C(=O)C(C)C)c2ccccc2)C[C@@H]1C. The van der Waals surface area contributed by atoms with Crippen molar-refractivity contribution in [3.63, 3.8) is 0 Å². The Balaban J connectivity index is 2.13. The number of nitrogens with zero attached hydrogens (tertiary/aromatic N) is 2. The third-order valence-corrected chi connectivity index (χ3v) is 5.37. The molecule has 1 aliphatic heterocycles. The number of para-hydroxylation sites is 2. The van der Waals surface area contributed by atoms with E-state index in [4.69, 9.17) is 0 Å². The van der Waals surface area contributed by atoms with Crippen LogP contribution in [0.2, 0.25) is 0 Å². The summed E-state index contributed by atoms with van der Waals surface area (Å²) in [6, 6.07) is 17.8. The monoisotopic (exact) mass is 378 g/mol. The summed E-state index contributed by atoms with van der Waals surface area (Å²) in [5.41, 5.74) is 2.85. The lowest BCUT2D eigenvalue weighted by Gasteiger charge is -2.44. The Morgan fingerprint density at radius 1 is 0.929 bits per heavy atom. The Bertz CT molecular complexity index is 845. The lowest BCUT2D eigenvalue weighted by Crippen LogP contribution is -2.49. The summed E-state index contributed by atoms with van der Waals surface area (Å²) in [6.45, 7) is 9.81. The molecule has 0 bridgehead atoms. The molecule has 0 radical (unpaired) electrons. The molecule has 2 atom stereocenters. The molecule has 1 heterocycles. The van der Waals surface area contributed by atoms with Gasteiger partial charge < -0.3 is 9.80 Å². The standard InChI is InChI=1S/C24H30N2O2/c1-16(2)23(27)25-18(5)15-22(20-13-9-10-14-21(20)25)26(24(28)17(3)4)19-11-7-6-8-12-19/h6-14,16-18,22H,15H2,1-5H3/t18-,22-/m0/s1. The Kier molecular flexibility index (Phi) is 5.87. The minimum Gasteiger partial charge on any atom is -0.309 e. The lowest BCUT2D eigenvalue weighted by atomic mass is 9.88. The summed E-state index contributed by atoms with van der Waals surface area (Å²) < 4.78 is 0. The fraction of sp³-hybridized carbons (Fsp3) is 0.417. The van der Waals surface area contributed by atoms with Gasteiger partial charge in [-0.3, -0.25) is 9.59 Å². The molecule has 4 heteroatoms. The first-order chi connectivity index (χ1) is 13.3. The van der Waals surface area contributed by atoms with Crippen LogP contribution in [0.5, 0.6) is 0 Å². The molecule has 2 aromatic rings. The second-order valence-electron chi connectivity index (χ2n) is 8.22. The first kappa shape index (κ1) is 20.1. The number of rotatable bonds is 4. The fourth-order valence-corrected chi connectivity index (χ4v) is 3.97. The summed E-state index contributed by atoms with van der Waals surface area (Å²) in [4.78, 5) is 30.0. The summed E-state index contributed by atoms with van der Waals surface area (Å²) in [7, 11) is 0. The smallest absolute Gasteiger partial charge is 0.230 e. The van der Waals surface area contributed by atoms with Crippen molar-refractivity contribution in [1.82, 2.24) is 0 Å². The minimum absolute atomic E-state index is 0.0148. The molecule has 2 aromatic carbocycles. The van der Waals surface area contributed by atoms with Gasteiger partial charge in [-0.25, -0.2) is 0 Å². The number of hydrogen-bond acceptors (Lipinski definition) is 2. The first-order valence-corrected chi connectivity index (χ1v) is 10.1. The Labute approximate surface area is 168 Å². The highest BCUT2D eigenvalue weighted by Crippen LogP contribution is 2.43. The van der Waals surface area contributed by atoms with Crippen LogP contribution in [0.15, 0.2) is 54.6 Å². The van der Waals surface area contributed by atoms with Gasteiger partial charge in [0, 0.05) is 29.3 Å². The molecule has 0 aromatic heterocycles. The zero-order chi connectivity index (χ0) is 20.4. The fourth-order valence-electron chi connectivity index (χ4n) is 3.97. The molecule has 0 saturated heterocycles. The highest BCUT2D eigenvalue weighted by molar-refractivity contribution is 5.99. The van der Waals surface area contributed by atoms with E-state index in [-0.39, 0.29) is 35.7 Å². The molecule has 0 spiro atoms. The predicted octanol–water partition coefficient (Wildman–Crippen LogP) is 5.20. The van der Waals surface area contributed by atoms with E-state index in [9.17, 15) is 9.59 Å². The van der Waals surface area contributed by atoms with Crippen LogP contribution in [-0.4, -0.2) is 17.9 Å². The molecule has 0 aliphatic carbocycles. The maximum Gasteiger partial charge on any atom is 0.230 e. The van der Waals surface area contributed by atoms with Gasteiger partial charge in [0.25, 0.3) is 0 Å². The summed E-state index contributed by atoms with van der Waals surface area (Å²) >= 11 is 0. The van der Waals surface area contributed by atoms with E-state index in [1.165, 1.54) is 0 Å². The zero-order valence-corrected chi connectivity index (χ0v) is 17.4. The zero-order valence-electron chi connectivity index (χ0n) is 17.4. The number of hydrogen-bond donors (Lipinski definition) is 0. The molecule has 0 saturated carbocycles. The second-order valence-corrected chi connectivity index (χ2v) is 8.22. The quantitative estimate of drug-likeness (QED) is 0.734. The number of fused-ring (bicyclic) bond motifs is 1.